The first-order valence-electron chi connectivity index (χ1n) is 6.53. The van der Waals surface area contributed by atoms with E-state index in [0.717, 1.165) is 5.56 Å². The number of nitrogens with one attached hydrogen (secondary N) is 1. The predicted octanol–water partition coefficient (Wildman–Crippen LogP) is 1.53. The lowest BCUT2D eigenvalue weighted by atomic mass is 10.1. The molecule has 104 valence electrons. The largest absolute Gasteiger partial charge is 0.372 e. The number of ether oxygens (including phenoxy) is 1. The Morgan fingerprint density at radius 2 is 2.00 bits per heavy atom. The van der Waals surface area contributed by atoms with Gasteiger partial charge >= 0.3 is 0 Å². The normalized spacial score (nSPS) is 23.3. The fraction of sp³-hybridized carbons (Fsp3) is 0.500. The lowest BCUT2D eigenvalue weighted by Crippen LogP contribution is -2.48. The van der Waals surface area contributed by atoms with Crippen molar-refractivity contribution in [1.29, 1.82) is 0 Å². The maximum atomic E-state index is 12.6. The number of carbonyl (C=O) groups is 1. The highest BCUT2D eigenvalue weighted by atomic mass is 16.5. The highest BCUT2D eigenvalue weighted by molar-refractivity contribution is 5.99. The van der Waals surface area contributed by atoms with E-state index in [4.69, 9.17) is 10.6 Å². The molecule has 0 spiro atoms. The van der Waals surface area contributed by atoms with Gasteiger partial charge in [-0.1, -0.05) is 11.6 Å². The van der Waals surface area contributed by atoms with Crippen LogP contribution in [-0.2, 0) is 4.74 Å². The van der Waals surface area contributed by atoms with Crippen molar-refractivity contribution >= 4 is 11.6 Å². The summed E-state index contributed by atoms with van der Waals surface area (Å²) in [6.45, 7) is 7.15. The minimum atomic E-state index is -0.00125. The third-order valence-electron chi connectivity index (χ3n) is 3.27. The average molecular weight is 263 g/mol. The fourth-order valence-electron chi connectivity index (χ4n) is 2.47. The smallest absolute Gasteiger partial charge is 0.256 e. The molecule has 1 aliphatic heterocycles. The van der Waals surface area contributed by atoms with Crippen LogP contribution in [0.3, 0.4) is 0 Å². The molecule has 5 heteroatoms. The maximum absolute atomic E-state index is 12.6. The number of amides is 1. The van der Waals surface area contributed by atoms with Gasteiger partial charge in [0.15, 0.2) is 0 Å². The lowest BCUT2D eigenvalue weighted by molar-refractivity contribution is -0.0585. The molecule has 0 bridgehead atoms. The van der Waals surface area contributed by atoms with Crippen LogP contribution in [-0.4, -0.2) is 36.1 Å². The van der Waals surface area contributed by atoms with E-state index in [-0.39, 0.29) is 18.1 Å². The Labute approximate surface area is 113 Å². The lowest BCUT2D eigenvalue weighted by Gasteiger charge is -2.35. The van der Waals surface area contributed by atoms with Gasteiger partial charge in [0.1, 0.15) is 0 Å². The van der Waals surface area contributed by atoms with E-state index in [1.807, 2.05) is 43.9 Å². The van der Waals surface area contributed by atoms with E-state index in [1.54, 1.807) is 0 Å². The number of nitrogen functional groups attached to an aromatic ring is 1. The first-order chi connectivity index (χ1) is 9.01. The van der Waals surface area contributed by atoms with Crippen LogP contribution in [0.5, 0.6) is 0 Å². The number of hydrogen-bond donors (Lipinski definition) is 2. The zero-order valence-corrected chi connectivity index (χ0v) is 11.6. The van der Waals surface area contributed by atoms with Crippen LogP contribution >= 0.6 is 0 Å². The third kappa shape index (κ3) is 3.05. The van der Waals surface area contributed by atoms with Crippen molar-refractivity contribution in [3.63, 3.8) is 0 Å². The molecule has 0 aromatic heterocycles. The van der Waals surface area contributed by atoms with Crippen molar-refractivity contribution in [1.82, 2.24) is 4.90 Å². The number of nitrogens with two attached hydrogens (primary N) is 1. The summed E-state index contributed by atoms with van der Waals surface area (Å²) in [7, 11) is 0. The topological polar surface area (TPSA) is 67.6 Å². The number of carbonyl (C=O) groups excluding carboxylic acids is 1. The summed E-state index contributed by atoms with van der Waals surface area (Å²) in [4.78, 5) is 14.4. The number of aryl methyl sites for hydroxylation is 1. The zero-order chi connectivity index (χ0) is 14.0. The predicted molar refractivity (Wildman–Crippen MR) is 74.9 cm³/mol. The third-order valence-corrected chi connectivity index (χ3v) is 3.27. The van der Waals surface area contributed by atoms with Crippen molar-refractivity contribution in [2.75, 3.05) is 18.5 Å². The van der Waals surface area contributed by atoms with Crippen molar-refractivity contribution < 1.29 is 9.53 Å². The average Bonchev–Trinajstić information content (AvgIpc) is 2.36. The molecule has 1 aliphatic rings. The summed E-state index contributed by atoms with van der Waals surface area (Å²) in [5.74, 6) is 5.48. The second-order valence-electron chi connectivity index (χ2n) is 5.16. The van der Waals surface area contributed by atoms with E-state index in [2.05, 4.69) is 5.43 Å². The number of rotatable bonds is 2. The second kappa shape index (κ2) is 5.59. The molecule has 1 aromatic rings. The van der Waals surface area contributed by atoms with E-state index in [0.29, 0.717) is 24.3 Å². The van der Waals surface area contributed by atoms with Gasteiger partial charge in [0.05, 0.1) is 23.5 Å². The second-order valence-corrected chi connectivity index (χ2v) is 5.16. The van der Waals surface area contributed by atoms with Crippen molar-refractivity contribution in [3.05, 3.63) is 29.3 Å². The first kappa shape index (κ1) is 13.8. The van der Waals surface area contributed by atoms with Crippen LogP contribution in [0.25, 0.3) is 0 Å². The molecule has 1 saturated heterocycles. The van der Waals surface area contributed by atoms with Gasteiger partial charge in [-0.25, -0.2) is 0 Å². The van der Waals surface area contributed by atoms with Crippen molar-refractivity contribution in [3.8, 4) is 0 Å². The number of hydrogen-bond acceptors (Lipinski definition) is 4. The molecule has 1 amide bonds. The van der Waals surface area contributed by atoms with Gasteiger partial charge in [-0.05, 0) is 32.9 Å². The zero-order valence-electron chi connectivity index (χ0n) is 11.6. The summed E-state index contributed by atoms with van der Waals surface area (Å²) in [6, 6.07) is 5.62. The van der Waals surface area contributed by atoms with Crippen LogP contribution in [0.4, 0.5) is 5.69 Å². The van der Waals surface area contributed by atoms with Crippen LogP contribution in [0.15, 0.2) is 18.2 Å². The van der Waals surface area contributed by atoms with Gasteiger partial charge in [0.2, 0.25) is 0 Å². The highest BCUT2D eigenvalue weighted by Crippen LogP contribution is 2.21. The summed E-state index contributed by atoms with van der Waals surface area (Å²) in [5.41, 5.74) is 4.89. The Morgan fingerprint density at radius 3 is 2.58 bits per heavy atom. The summed E-state index contributed by atoms with van der Waals surface area (Å²) >= 11 is 0. The molecule has 1 heterocycles. The molecule has 2 rings (SSSR count). The number of benzene rings is 1. The molecular weight excluding hydrogens is 242 g/mol. The minimum Gasteiger partial charge on any atom is -0.372 e. The molecule has 3 N–H and O–H groups in total. The molecule has 19 heavy (non-hydrogen) atoms. The SMILES string of the molecule is Cc1ccc(NN)c(C(=O)N2CC(C)OC(C)C2)c1. The van der Waals surface area contributed by atoms with Gasteiger partial charge < -0.3 is 15.1 Å². The molecule has 0 radical (unpaired) electrons. The molecule has 1 aromatic carbocycles. The number of hydrazine groups is 1. The fourth-order valence-corrected chi connectivity index (χ4v) is 2.47. The number of anilines is 1. The first-order valence-corrected chi connectivity index (χ1v) is 6.53. The Hall–Kier alpha value is -1.59. The summed E-state index contributed by atoms with van der Waals surface area (Å²) in [6.07, 6.45) is 0.124. The van der Waals surface area contributed by atoms with Gasteiger partial charge in [0, 0.05) is 13.1 Å². The van der Waals surface area contributed by atoms with E-state index >= 15 is 0 Å². The van der Waals surface area contributed by atoms with Crippen molar-refractivity contribution in [2.24, 2.45) is 5.84 Å². The summed E-state index contributed by atoms with van der Waals surface area (Å²) < 4.78 is 5.65. The number of nitrogens with zero attached hydrogens (tertiary/aromatic N) is 1. The van der Waals surface area contributed by atoms with Crippen LogP contribution in [0.2, 0.25) is 0 Å². The van der Waals surface area contributed by atoms with Gasteiger partial charge in [-0.15, -0.1) is 0 Å². The molecule has 1 fully saturated rings. The van der Waals surface area contributed by atoms with Crippen LogP contribution in [0.1, 0.15) is 29.8 Å². The van der Waals surface area contributed by atoms with Crippen LogP contribution < -0.4 is 11.3 Å². The Kier molecular flexibility index (Phi) is 4.07. The molecule has 2 unspecified atom stereocenters. The maximum Gasteiger partial charge on any atom is 0.256 e. The van der Waals surface area contributed by atoms with Gasteiger partial charge in [-0.2, -0.15) is 0 Å². The van der Waals surface area contributed by atoms with Gasteiger partial charge in [-0.3, -0.25) is 10.6 Å². The van der Waals surface area contributed by atoms with E-state index in [9.17, 15) is 4.79 Å². The Bertz CT molecular complexity index is 466. The molecule has 0 saturated carbocycles. The minimum absolute atomic E-state index is 0.00125. The summed E-state index contributed by atoms with van der Waals surface area (Å²) in [5, 5.41) is 0. The standard InChI is InChI=1S/C14H21N3O2/c1-9-4-5-13(16-15)12(6-9)14(18)17-7-10(2)19-11(3)8-17/h4-6,10-11,16H,7-8,15H2,1-3H3. The van der Waals surface area contributed by atoms with Crippen LogP contribution in [0, 0.1) is 6.92 Å². The van der Waals surface area contributed by atoms with E-state index in [1.165, 1.54) is 0 Å². The molecule has 2 atom stereocenters. The number of morpholine rings is 1. The quantitative estimate of drug-likeness (QED) is 0.627. The Balaban J connectivity index is 2.26. The van der Waals surface area contributed by atoms with E-state index < -0.39 is 0 Å². The van der Waals surface area contributed by atoms with Gasteiger partial charge in [0.25, 0.3) is 5.91 Å². The Morgan fingerprint density at radius 1 is 1.37 bits per heavy atom. The molecule has 0 aliphatic carbocycles. The molecule has 5 nitrogen and oxygen atoms in total. The van der Waals surface area contributed by atoms with Crippen molar-refractivity contribution in [2.45, 2.75) is 33.0 Å². The monoisotopic (exact) mass is 263 g/mol. The molecular formula is C14H21N3O2. The highest BCUT2D eigenvalue weighted by Gasteiger charge is 2.27.